The lowest BCUT2D eigenvalue weighted by Gasteiger charge is -2.03. The number of nitrogens with two attached hydrogens (primary N) is 1. The molecule has 3 aromatic heterocycles. The predicted octanol–water partition coefficient (Wildman–Crippen LogP) is 2.52. The third kappa shape index (κ3) is 2.84. The van der Waals surface area contributed by atoms with Gasteiger partial charge < -0.3 is 10.2 Å². The quantitative estimate of drug-likeness (QED) is 0.589. The topological polar surface area (TPSA) is 117 Å². The van der Waals surface area contributed by atoms with Crippen molar-refractivity contribution in [1.29, 1.82) is 0 Å². The van der Waals surface area contributed by atoms with Gasteiger partial charge in [0.05, 0.1) is 11.7 Å². The maximum absolute atomic E-state index is 12.7. The van der Waals surface area contributed by atoms with E-state index in [0.29, 0.717) is 11.5 Å². The highest BCUT2D eigenvalue weighted by atomic mass is 32.2. The van der Waals surface area contributed by atoms with E-state index in [2.05, 4.69) is 15.0 Å². The first kappa shape index (κ1) is 16.0. The van der Waals surface area contributed by atoms with Crippen molar-refractivity contribution in [2.75, 3.05) is 5.73 Å². The van der Waals surface area contributed by atoms with Gasteiger partial charge in [0.15, 0.2) is 11.4 Å². The molecule has 1 aromatic carbocycles. The Hall–Kier alpha value is -3.46. The third-order valence-corrected chi connectivity index (χ3v) is 4.94. The predicted molar refractivity (Wildman–Crippen MR) is 97.2 cm³/mol. The fraction of sp³-hybridized carbons (Fsp3) is 0. The summed E-state index contributed by atoms with van der Waals surface area (Å²) in [4.78, 5) is 12.3. The Bertz CT molecular complexity index is 1200. The maximum atomic E-state index is 12.7. The monoisotopic (exact) mass is 367 g/mol. The maximum Gasteiger partial charge on any atom is 0.263 e. The van der Waals surface area contributed by atoms with Crippen LogP contribution in [0.1, 0.15) is 5.56 Å². The van der Waals surface area contributed by atoms with Crippen molar-refractivity contribution < 1.29 is 12.8 Å². The first-order valence-corrected chi connectivity index (χ1v) is 9.08. The van der Waals surface area contributed by atoms with Crippen molar-refractivity contribution in [3.8, 4) is 11.5 Å². The van der Waals surface area contributed by atoms with E-state index in [1.165, 1.54) is 18.7 Å². The van der Waals surface area contributed by atoms with Gasteiger partial charge in [-0.3, -0.25) is 0 Å². The molecule has 4 rings (SSSR count). The zero-order valence-corrected chi connectivity index (χ0v) is 14.2. The van der Waals surface area contributed by atoms with Crippen molar-refractivity contribution in [3.63, 3.8) is 0 Å². The Labute approximate surface area is 148 Å². The summed E-state index contributed by atoms with van der Waals surface area (Å²) in [7, 11) is -3.85. The van der Waals surface area contributed by atoms with Gasteiger partial charge in [0, 0.05) is 0 Å². The summed E-state index contributed by atoms with van der Waals surface area (Å²) < 4.78 is 31.7. The van der Waals surface area contributed by atoms with Crippen LogP contribution in [-0.4, -0.2) is 27.3 Å². The third-order valence-electron chi connectivity index (χ3n) is 3.64. The van der Waals surface area contributed by atoms with E-state index >= 15 is 0 Å². The van der Waals surface area contributed by atoms with Gasteiger partial charge in [-0.25, -0.2) is 22.4 Å². The van der Waals surface area contributed by atoms with Gasteiger partial charge in [0.1, 0.15) is 17.5 Å². The molecule has 0 unspecified atom stereocenters. The fourth-order valence-corrected chi connectivity index (χ4v) is 3.47. The molecular weight excluding hydrogens is 354 g/mol. The number of anilines is 1. The lowest BCUT2D eigenvalue weighted by atomic mass is 10.2. The number of aromatic nitrogens is 4. The van der Waals surface area contributed by atoms with Crippen molar-refractivity contribution in [3.05, 3.63) is 66.0 Å². The molecule has 3 heterocycles. The molecule has 26 heavy (non-hydrogen) atoms. The summed E-state index contributed by atoms with van der Waals surface area (Å²) in [6.45, 7) is 0. The van der Waals surface area contributed by atoms with Crippen molar-refractivity contribution in [2.24, 2.45) is 0 Å². The lowest BCUT2D eigenvalue weighted by molar-refractivity contribution is 0.580. The first-order valence-electron chi connectivity index (χ1n) is 7.58. The Morgan fingerprint density at radius 1 is 1.08 bits per heavy atom. The lowest BCUT2D eigenvalue weighted by Crippen LogP contribution is -2.09. The molecule has 0 aliphatic heterocycles. The summed E-state index contributed by atoms with van der Waals surface area (Å²) >= 11 is 0. The molecule has 2 N–H and O–H groups in total. The molecule has 0 radical (unpaired) electrons. The van der Waals surface area contributed by atoms with Gasteiger partial charge in [-0.1, -0.05) is 30.3 Å². The van der Waals surface area contributed by atoms with Gasteiger partial charge >= 0.3 is 0 Å². The second-order valence-electron chi connectivity index (χ2n) is 5.38. The Morgan fingerprint density at radius 2 is 1.88 bits per heavy atom. The van der Waals surface area contributed by atoms with E-state index in [-0.39, 0.29) is 17.1 Å². The molecule has 0 atom stereocenters. The van der Waals surface area contributed by atoms with Gasteiger partial charge in [0.25, 0.3) is 10.0 Å². The van der Waals surface area contributed by atoms with Crippen molar-refractivity contribution in [2.45, 2.75) is 0 Å². The van der Waals surface area contributed by atoms with Crippen LogP contribution in [0.4, 0.5) is 5.95 Å². The van der Waals surface area contributed by atoms with Crippen LogP contribution in [0.25, 0.3) is 28.7 Å². The Kier molecular flexibility index (Phi) is 3.77. The summed E-state index contributed by atoms with van der Waals surface area (Å²) in [6, 6.07) is 12.5. The fourth-order valence-electron chi connectivity index (χ4n) is 2.46. The van der Waals surface area contributed by atoms with Crippen molar-refractivity contribution in [1.82, 2.24) is 18.9 Å². The average Bonchev–Trinajstić information content (AvgIpc) is 3.30. The number of furan rings is 1. The van der Waals surface area contributed by atoms with Crippen molar-refractivity contribution >= 4 is 33.2 Å². The largest absolute Gasteiger partial charge is 0.463 e. The van der Waals surface area contributed by atoms with Gasteiger partial charge in [-0.2, -0.15) is 4.98 Å². The molecule has 0 amide bonds. The molecule has 8 nitrogen and oxygen atoms in total. The Balaban J connectivity index is 1.84. The van der Waals surface area contributed by atoms with Crippen LogP contribution in [0.15, 0.2) is 64.9 Å². The van der Waals surface area contributed by atoms with E-state index in [1.54, 1.807) is 24.3 Å². The van der Waals surface area contributed by atoms with E-state index in [0.717, 1.165) is 14.9 Å². The summed E-state index contributed by atoms with van der Waals surface area (Å²) in [5.74, 6) is 0.347. The number of imidazole rings is 1. The minimum atomic E-state index is -3.85. The van der Waals surface area contributed by atoms with E-state index in [4.69, 9.17) is 10.2 Å². The molecule has 0 saturated carbocycles. The number of rotatable bonds is 4. The highest BCUT2D eigenvalue weighted by Crippen LogP contribution is 2.27. The normalized spacial score (nSPS) is 12.2. The van der Waals surface area contributed by atoms with E-state index < -0.39 is 10.0 Å². The van der Waals surface area contributed by atoms with Gasteiger partial charge in [-0.05, 0) is 23.8 Å². The standard InChI is InChI=1S/C17H13N5O3S/c18-17-20-14(13-7-4-9-25-13)15-16(21-17)22(11-19-15)26(23,24)10-8-12-5-2-1-3-6-12/h1-11H,(H2,18,20,21)/b10-8+. The molecule has 130 valence electrons. The highest BCUT2D eigenvalue weighted by molar-refractivity contribution is 7.93. The van der Waals surface area contributed by atoms with E-state index in [9.17, 15) is 8.42 Å². The van der Waals surface area contributed by atoms with Crippen LogP contribution in [0.3, 0.4) is 0 Å². The molecule has 0 aliphatic rings. The molecule has 0 fully saturated rings. The summed E-state index contributed by atoms with van der Waals surface area (Å²) in [5.41, 5.74) is 7.20. The van der Waals surface area contributed by atoms with Crippen LogP contribution in [0.5, 0.6) is 0 Å². The molecule has 9 heteroatoms. The zero-order chi connectivity index (χ0) is 18.1. The Morgan fingerprint density at radius 3 is 2.62 bits per heavy atom. The minimum Gasteiger partial charge on any atom is -0.463 e. The summed E-state index contributed by atoms with van der Waals surface area (Å²) in [5, 5.41) is 1.09. The van der Waals surface area contributed by atoms with Crippen LogP contribution >= 0.6 is 0 Å². The highest BCUT2D eigenvalue weighted by Gasteiger charge is 2.20. The number of fused-ring (bicyclic) bond motifs is 1. The molecule has 0 saturated heterocycles. The smallest absolute Gasteiger partial charge is 0.263 e. The van der Waals surface area contributed by atoms with Gasteiger partial charge in [0.2, 0.25) is 5.95 Å². The number of nitrogens with zero attached hydrogens (tertiary/aromatic N) is 4. The molecule has 0 aliphatic carbocycles. The second kappa shape index (κ2) is 6.12. The number of nitrogen functional groups attached to an aromatic ring is 1. The number of hydrogen-bond acceptors (Lipinski definition) is 7. The van der Waals surface area contributed by atoms with Crippen LogP contribution in [-0.2, 0) is 10.0 Å². The molecule has 0 spiro atoms. The number of benzene rings is 1. The second-order valence-corrected chi connectivity index (χ2v) is 7.07. The zero-order valence-electron chi connectivity index (χ0n) is 13.4. The van der Waals surface area contributed by atoms with Crippen LogP contribution < -0.4 is 5.73 Å². The van der Waals surface area contributed by atoms with Gasteiger partial charge in [-0.15, -0.1) is 0 Å². The van der Waals surface area contributed by atoms with E-state index in [1.807, 2.05) is 18.2 Å². The minimum absolute atomic E-state index is 0.0760. The van der Waals surface area contributed by atoms with Crippen LogP contribution in [0, 0.1) is 0 Å². The van der Waals surface area contributed by atoms with Crippen LogP contribution in [0.2, 0.25) is 0 Å². The first-order chi connectivity index (χ1) is 12.5. The molecule has 4 aromatic rings. The summed E-state index contributed by atoms with van der Waals surface area (Å²) in [6.07, 6.45) is 4.16. The molecule has 0 bridgehead atoms. The number of hydrogen-bond donors (Lipinski definition) is 1. The molecular formula is C17H13N5O3S. The average molecular weight is 367 g/mol. The SMILES string of the molecule is Nc1nc(-c2ccco2)c2ncn(S(=O)(=O)/C=C/c3ccccc3)c2n1.